The summed E-state index contributed by atoms with van der Waals surface area (Å²) in [5.74, 6) is 7.07. The summed E-state index contributed by atoms with van der Waals surface area (Å²) in [4.78, 5) is 6.71. The van der Waals surface area contributed by atoms with Crippen LogP contribution in [-0.4, -0.2) is 18.1 Å². The van der Waals surface area contributed by atoms with Crippen molar-refractivity contribution in [3.05, 3.63) is 18.2 Å². The van der Waals surface area contributed by atoms with Crippen LogP contribution < -0.4 is 16.2 Å². The summed E-state index contributed by atoms with van der Waals surface area (Å²) in [6.45, 7) is 2.22. The van der Waals surface area contributed by atoms with E-state index < -0.39 is 0 Å². The van der Waals surface area contributed by atoms with Crippen LogP contribution in [0.3, 0.4) is 0 Å². The van der Waals surface area contributed by atoms with Crippen molar-refractivity contribution in [1.82, 2.24) is 4.98 Å². The van der Waals surface area contributed by atoms with Gasteiger partial charge in [-0.1, -0.05) is 6.07 Å². The van der Waals surface area contributed by atoms with E-state index in [1.54, 1.807) is 0 Å². The molecular weight excluding hydrogens is 176 g/mol. The van der Waals surface area contributed by atoms with Crippen LogP contribution in [0, 0.1) is 0 Å². The Balaban J connectivity index is 2.13. The number of hydrogen-bond acceptors (Lipinski definition) is 4. The predicted octanol–water partition coefficient (Wildman–Crippen LogP) is 1.36. The summed E-state index contributed by atoms with van der Waals surface area (Å²) >= 11 is 0. The number of anilines is 2. The number of piperidine rings is 1. The van der Waals surface area contributed by atoms with Gasteiger partial charge in [-0.15, -0.1) is 0 Å². The molecule has 0 bridgehead atoms. The number of hydrogen-bond donors (Lipinski definition) is 2. The number of nitrogens with one attached hydrogen (secondary N) is 1. The quantitative estimate of drug-likeness (QED) is 0.548. The first-order valence-electron chi connectivity index (χ1n) is 5.09. The molecule has 0 radical (unpaired) electrons. The molecule has 0 spiro atoms. The molecule has 1 aromatic rings. The van der Waals surface area contributed by atoms with E-state index in [1.807, 2.05) is 18.2 Å². The molecule has 0 amide bonds. The fourth-order valence-electron chi connectivity index (χ4n) is 1.80. The molecule has 76 valence electrons. The smallest absolute Gasteiger partial charge is 0.142 e. The van der Waals surface area contributed by atoms with Gasteiger partial charge in [0.25, 0.3) is 0 Å². The Morgan fingerprint density at radius 2 is 2.00 bits per heavy atom. The molecule has 0 aromatic carbocycles. The second-order valence-corrected chi connectivity index (χ2v) is 3.57. The van der Waals surface area contributed by atoms with Crippen LogP contribution in [-0.2, 0) is 0 Å². The molecule has 1 aromatic heterocycles. The molecular formula is C10H16N4. The van der Waals surface area contributed by atoms with Gasteiger partial charge in [0.05, 0.1) is 0 Å². The first-order valence-corrected chi connectivity index (χ1v) is 5.09. The molecule has 0 unspecified atom stereocenters. The summed E-state index contributed by atoms with van der Waals surface area (Å²) < 4.78 is 0. The molecule has 1 aliphatic heterocycles. The van der Waals surface area contributed by atoms with Gasteiger partial charge in [0.2, 0.25) is 0 Å². The Bertz CT molecular complexity index is 294. The third-order valence-electron chi connectivity index (χ3n) is 2.56. The second-order valence-electron chi connectivity index (χ2n) is 3.57. The maximum absolute atomic E-state index is 5.32. The lowest BCUT2D eigenvalue weighted by molar-refractivity contribution is 0.573. The monoisotopic (exact) mass is 192 g/mol. The zero-order valence-corrected chi connectivity index (χ0v) is 8.24. The Hall–Kier alpha value is -1.29. The van der Waals surface area contributed by atoms with E-state index in [-0.39, 0.29) is 0 Å². The van der Waals surface area contributed by atoms with E-state index in [9.17, 15) is 0 Å². The van der Waals surface area contributed by atoms with Gasteiger partial charge in [-0.2, -0.15) is 0 Å². The van der Waals surface area contributed by atoms with E-state index in [4.69, 9.17) is 5.84 Å². The number of nitrogens with two attached hydrogens (primary N) is 1. The number of nitrogens with zero attached hydrogens (tertiary/aromatic N) is 2. The van der Waals surface area contributed by atoms with Crippen LogP contribution in [0.25, 0.3) is 0 Å². The molecule has 14 heavy (non-hydrogen) atoms. The summed E-state index contributed by atoms with van der Waals surface area (Å²) in [5, 5.41) is 0. The lowest BCUT2D eigenvalue weighted by atomic mass is 10.1. The minimum Gasteiger partial charge on any atom is -0.357 e. The van der Waals surface area contributed by atoms with Crippen molar-refractivity contribution < 1.29 is 0 Å². The van der Waals surface area contributed by atoms with Gasteiger partial charge in [0.1, 0.15) is 11.6 Å². The zero-order valence-electron chi connectivity index (χ0n) is 8.24. The maximum Gasteiger partial charge on any atom is 0.142 e. The van der Waals surface area contributed by atoms with E-state index in [0.29, 0.717) is 0 Å². The van der Waals surface area contributed by atoms with Gasteiger partial charge in [0, 0.05) is 13.1 Å². The van der Waals surface area contributed by atoms with E-state index >= 15 is 0 Å². The SMILES string of the molecule is NNc1cccc(N2CCCCC2)n1. The number of nitrogen functional groups attached to an aromatic ring is 1. The Kier molecular flexibility index (Phi) is 2.84. The van der Waals surface area contributed by atoms with Crippen LogP contribution >= 0.6 is 0 Å². The van der Waals surface area contributed by atoms with Gasteiger partial charge in [-0.05, 0) is 31.4 Å². The minimum atomic E-state index is 0.730. The van der Waals surface area contributed by atoms with Crippen LogP contribution in [0.5, 0.6) is 0 Å². The molecule has 2 rings (SSSR count). The highest BCUT2D eigenvalue weighted by Gasteiger charge is 2.11. The number of rotatable bonds is 2. The van der Waals surface area contributed by atoms with Gasteiger partial charge < -0.3 is 10.3 Å². The van der Waals surface area contributed by atoms with E-state index in [2.05, 4.69) is 15.3 Å². The van der Waals surface area contributed by atoms with E-state index in [0.717, 1.165) is 24.7 Å². The maximum atomic E-state index is 5.32. The largest absolute Gasteiger partial charge is 0.357 e. The first-order chi connectivity index (χ1) is 6.90. The molecule has 3 N–H and O–H groups in total. The standard InChI is InChI=1S/C10H16N4/c11-13-9-5-4-6-10(12-9)14-7-2-1-3-8-14/h4-6H,1-3,7-8,11H2,(H,12,13). The van der Waals surface area contributed by atoms with Crippen LogP contribution in [0.1, 0.15) is 19.3 Å². The second kappa shape index (κ2) is 4.28. The van der Waals surface area contributed by atoms with Crippen molar-refractivity contribution in [3.8, 4) is 0 Å². The molecule has 2 heterocycles. The van der Waals surface area contributed by atoms with E-state index in [1.165, 1.54) is 19.3 Å². The molecule has 0 aliphatic carbocycles. The third-order valence-corrected chi connectivity index (χ3v) is 2.56. The minimum absolute atomic E-state index is 0.730. The Morgan fingerprint density at radius 3 is 2.71 bits per heavy atom. The lowest BCUT2D eigenvalue weighted by Gasteiger charge is -2.27. The van der Waals surface area contributed by atoms with Gasteiger partial charge in [-0.3, -0.25) is 0 Å². The van der Waals surface area contributed by atoms with Crippen LogP contribution in [0.15, 0.2) is 18.2 Å². The Labute approximate surface area is 84.1 Å². The van der Waals surface area contributed by atoms with Crippen molar-refractivity contribution in [2.45, 2.75) is 19.3 Å². The van der Waals surface area contributed by atoms with Gasteiger partial charge in [0.15, 0.2) is 0 Å². The summed E-state index contributed by atoms with van der Waals surface area (Å²) in [7, 11) is 0. The molecule has 1 aliphatic rings. The molecule has 1 saturated heterocycles. The highest BCUT2D eigenvalue weighted by atomic mass is 15.3. The van der Waals surface area contributed by atoms with Crippen molar-refractivity contribution in [3.63, 3.8) is 0 Å². The fraction of sp³-hybridized carbons (Fsp3) is 0.500. The van der Waals surface area contributed by atoms with Crippen molar-refractivity contribution in [1.29, 1.82) is 0 Å². The molecule has 4 nitrogen and oxygen atoms in total. The summed E-state index contributed by atoms with van der Waals surface area (Å²) in [5.41, 5.74) is 2.57. The van der Waals surface area contributed by atoms with Crippen LogP contribution in [0.4, 0.5) is 11.6 Å². The molecule has 4 heteroatoms. The number of aromatic nitrogens is 1. The average Bonchev–Trinajstić information content (AvgIpc) is 2.30. The number of hydrazine groups is 1. The lowest BCUT2D eigenvalue weighted by Crippen LogP contribution is -2.30. The summed E-state index contributed by atoms with van der Waals surface area (Å²) in [6.07, 6.45) is 3.87. The molecule has 1 fully saturated rings. The molecule has 0 atom stereocenters. The average molecular weight is 192 g/mol. The number of pyridine rings is 1. The summed E-state index contributed by atoms with van der Waals surface area (Å²) in [6, 6.07) is 5.88. The predicted molar refractivity (Wildman–Crippen MR) is 58.1 cm³/mol. The third kappa shape index (κ3) is 1.96. The highest BCUT2D eigenvalue weighted by molar-refractivity contribution is 5.46. The molecule has 0 saturated carbocycles. The first kappa shape index (κ1) is 9.27. The van der Waals surface area contributed by atoms with Crippen molar-refractivity contribution in [2.75, 3.05) is 23.4 Å². The van der Waals surface area contributed by atoms with Gasteiger partial charge >= 0.3 is 0 Å². The fourth-order valence-corrected chi connectivity index (χ4v) is 1.80. The zero-order chi connectivity index (χ0) is 9.80. The Morgan fingerprint density at radius 1 is 1.21 bits per heavy atom. The van der Waals surface area contributed by atoms with Crippen molar-refractivity contribution in [2.24, 2.45) is 5.84 Å². The highest BCUT2D eigenvalue weighted by Crippen LogP contribution is 2.18. The van der Waals surface area contributed by atoms with Crippen molar-refractivity contribution >= 4 is 11.6 Å². The van der Waals surface area contributed by atoms with Crippen LogP contribution in [0.2, 0.25) is 0 Å². The van der Waals surface area contributed by atoms with Gasteiger partial charge in [-0.25, -0.2) is 10.8 Å². The topological polar surface area (TPSA) is 54.2 Å². The normalized spacial score (nSPS) is 16.8.